The van der Waals surface area contributed by atoms with Crippen molar-refractivity contribution in [3.05, 3.63) is 76.2 Å². The molecule has 1 heterocycles. The van der Waals surface area contributed by atoms with Crippen molar-refractivity contribution in [3.63, 3.8) is 0 Å². The van der Waals surface area contributed by atoms with E-state index >= 15 is 0 Å². The lowest BCUT2D eigenvalue weighted by Crippen LogP contribution is -2.34. The largest absolute Gasteiger partial charge is 0.442 e. The van der Waals surface area contributed by atoms with Gasteiger partial charge in [0.2, 0.25) is 6.10 Å². The molecule has 1 N–H and O–H groups in total. The molecule has 7 nitrogen and oxygen atoms in total. The summed E-state index contributed by atoms with van der Waals surface area (Å²) in [5.41, 5.74) is 0.371. The molecule has 7 heteroatoms. The highest BCUT2D eigenvalue weighted by atomic mass is 16.5. The van der Waals surface area contributed by atoms with E-state index in [2.05, 4.69) is 10.4 Å². The average Bonchev–Trinajstić information content (AvgIpc) is 3.61. The van der Waals surface area contributed by atoms with Gasteiger partial charge in [0.1, 0.15) is 0 Å². The number of amides is 1. The predicted molar refractivity (Wildman–Crippen MR) is 117 cm³/mol. The SMILES string of the molecule is CCCCn1nc(C(=O)O[C@@H](C(=O)NC2CC2)c2ccccc2)c2ccccc2c1=O. The Morgan fingerprint density at radius 2 is 1.77 bits per heavy atom. The minimum absolute atomic E-state index is 0.0338. The van der Waals surface area contributed by atoms with Crippen LogP contribution in [0.25, 0.3) is 10.8 Å². The lowest BCUT2D eigenvalue weighted by atomic mass is 10.1. The number of ether oxygens (including phenoxy) is 1. The first-order valence-corrected chi connectivity index (χ1v) is 10.6. The molecule has 4 rings (SSSR count). The summed E-state index contributed by atoms with van der Waals surface area (Å²) in [5, 5.41) is 8.04. The zero-order chi connectivity index (χ0) is 21.8. The second kappa shape index (κ2) is 9.12. The minimum Gasteiger partial charge on any atom is -0.442 e. The van der Waals surface area contributed by atoms with Crippen LogP contribution < -0.4 is 10.9 Å². The van der Waals surface area contributed by atoms with Gasteiger partial charge in [-0.15, -0.1) is 0 Å². The molecule has 1 aliphatic carbocycles. The maximum atomic E-state index is 13.2. The van der Waals surface area contributed by atoms with Crippen LogP contribution in [0.5, 0.6) is 0 Å². The first-order chi connectivity index (χ1) is 15.1. The number of nitrogens with one attached hydrogen (secondary N) is 1. The van der Waals surface area contributed by atoms with Crippen molar-refractivity contribution in [2.45, 2.75) is 51.3 Å². The van der Waals surface area contributed by atoms with Crippen molar-refractivity contribution in [1.82, 2.24) is 15.1 Å². The molecule has 1 amide bonds. The summed E-state index contributed by atoms with van der Waals surface area (Å²) < 4.78 is 7.00. The third-order valence-electron chi connectivity index (χ3n) is 5.27. The molecule has 1 saturated carbocycles. The van der Waals surface area contributed by atoms with Gasteiger partial charge in [0.15, 0.2) is 5.69 Å². The molecule has 31 heavy (non-hydrogen) atoms. The van der Waals surface area contributed by atoms with Crippen LogP contribution in [0, 0.1) is 0 Å². The number of aromatic nitrogens is 2. The van der Waals surface area contributed by atoms with Crippen LogP contribution in [0.2, 0.25) is 0 Å². The van der Waals surface area contributed by atoms with Gasteiger partial charge in [-0.05, 0) is 25.3 Å². The van der Waals surface area contributed by atoms with E-state index in [9.17, 15) is 14.4 Å². The van der Waals surface area contributed by atoms with Crippen LogP contribution in [0.4, 0.5) is 0 Å². The fourth-order valence-corrected chi connectivity index (χ4v) is 3.41. The van der Waals surface area contributed by atoms with Gasteiger partial charge in [-0.25, -0.2) is 9.48 Å². The van der Waals surface area contributed by atoms with E-state index < -0.39 is 12.1 Å². The summed E-state index contributed by atoms with van der Waals surface area (Å²) in [6, 6.07) is 15.9. The molecule has 2 aromatic carbocycles. The van der Waals surface area contributed by atoms with E-state index in [1.165, 1.54) is 4.68 Å². The summed E-state index contributed by atoms with van der Waals surface area (Å²) in [7, 11) is 0. The lowest BCUT2D eigenvalue weighted by Gasteiger charge is -2.18. The van der Waals surface area contributed by atoms with E-state index in [0.717, 1.165) is 25.7 Å². The summed E-state index contributed by atoms with van der Waals surface area (Å²) >= 11 is 0. The van der Waals surface area contributed by atoms with E-state index in [-0.39, 0.29) is 23.2 Å². The van der Waals surface area contributed by atoms with Crippen molar-refractivity contribution in [2.24, 2.45) is 0 Å². The Kier molecular flexibility index (Phi) is 6.11. The van der Waals surface area contributed by atoms with Crippen LogP contribution >= 0.6 is 0 Å². The summed E-state index contributed by atoms with van der Waals surface area (Å²) in [6.07, 6.45) is 2.41. The molecular weight excluding hydrogens is 394 g/mol. The number of benzene rings is 2. The van der Waals surface area contributed by atoms with E-state index in [0.29, 0.717) is 22.9 Å². The highest BCUT2D eigenvalue weighted by molar-refractivity contribution is 6.03. The minimum atomic E-state index is -1.09. The molecule has 160 valence electrons. The zero-order valence-electron chi connectivity index (χ0n) is 17.4. The molecule has 1 aliphatic rings. The Balaban J connectivity index is 1.70. The van der Waals surface area contributed by atoms with Crippen LogP contribution in [0.3, 0.4) is 0 Å². The number of esters is 1. The molecule has 0 aliphatic heterocycles. The van der Waals surface area contributed by atoms with Gasteiger partial charge in [-0.2, -0.15) is 5.10 Å². The quantitative estimate of drug-likeness (QED) is 0.566. The summed E-state index contributed by atoms with van der Waals surface area (Å²) in [5.74, 6) is -1.09. The number of unbranched alkanes of at least 4 members (excludes halogenated alkanes) is 1. The summed E-state index contributed by atoms with van der Waals surface area (Å²) in [4.78, 5) is 38.8. The van der Waals surface area contributed by atoms with Crippen molar-refractivity contribution >= 4 is 22.6 Å². The van der Waals surface area contributed by atoms with Crippen LogP contribution in [0.15, 0.2) is 59.4 Å². The molecule has 3 aromatic rings. The normalized spacial score (nSPS) is 14.2. The molecular formula is C24H25N3O4. The highest BCUT2D eigenvalue weighted by Crippen LogP contribution is 2.25. The number of hydrogen-bond donors (Lipinski definition) is 1. The van der Waals surface area contributed by atoms with Crippen molar-refractivity contribution in [2.75, 3.05) is 0 Å². The Bertz CT molecular complexity index is 1150. The Hall–Kier alpha value is -3.48. The second-order valence-corrected chi connectivity index (χ2v) is 7.75. The Labute approximate surface area is 180 Å². The van der Waals surface area contributed by atoms with Gasteiger partial charge in [0, 0.05) is 23.5 Å². The first-order valence-electron chi connectivity index (χ1n) is 10.6. The fraction of sp³-hybridized carbons (Fsp3) is 0.333. The molecule has 1 atom stereocenters. The number of nitrogens with zero attached hydrogens (tertiary/aromatic N) is 2. The number of aryl methyl sites for hydroxylation is 1. The van der Waals surface area contributed by atoms with Gasteiger partial charge < -0.3 is 10.1 Å². The van der Waals surface area contributed by atoms with Gasteiger partial charge in [0.25, 0.3) is 11.5 Å². The number of rotatable bonds is 8. The second-order valence-electron chi connectivity index (χ2n) is 7.75. The van der Waals surface area contributed by atoms with Crippen molar-refractivity contribution in [1.29, 1.82) is 0 Å². The topological polar surface area (TPSA) is 90.3 Å². The monoisotopic (exact) mass is 419 g/mol. The van der Waals surface area contributed by atoms with E-state index in [1.54, 1.807) is 48.5 Å². The standard InChI is InChI=1S/C24H25N3O4/c1-2-3-15-27-23(29)19-12-8-7-11-18(19)20(26-27)24(30)31-21(16-9-5-4-6-10-16)22(28)25-17-13-14-17/h4-12,17,21H,2-3,13-15H2,1H3,(H,25,28)/t21-/m1/s1. The number of fused-ring (bicyclic) bond motifs is 1. The maximum Gasteiger partial charge on any atom is 0.360 e. The van der Waals surface area contributed by atoms with Crippen LogP contribution in [-0.2, 0) is 16.1 Å². The predicted octanol–water partition coefficient (Wildman–Crippen LogP) is 3.37. The summed E-state index contributed by atoms with van der Waals surface area (Å²) in [6.45, 7) is 2.43. The highest BCUT2D eigenvalue weighted by Gasteiger charge is 2.32. The number of hydrogen-bond acceptors (Lipinski definition) is 5. The number of carbonyl (C=O) groups is 2. The van der Waals surface area contributed by atoms with Crippen molar-refractivity contribution in [3.8, 4) is 0 Å². The maximum absolute atomic E-state index is 13.2. The Morgan fingerprint density at radius 1 is 1.10 bits per heavy atom. The fourth-order valence-electron chi connectivity index (χ4n) is 3.41. The molecule has 0 spiro atoms. The smallest absolute Gasteiger partial charge is 0.360 e. The van der Waals surface area contributed by atoms with Gasteiger partial charge in [-0.3, -0.25) is 9.59 Å². The third kappa shape index (κ3) is 4.66. The van der Waals surface area contributed by atoms with Crippen LogP contribution in [-0.4, -0.2) is 27.7 Å². The molecule has 1 aromatic heterocycles. The number of carbonyl (C=O) groups excluding carboxylic acids is 2. The van der Waals surface area contributed by atoms with Crippen molar-refractivity contribution < 1.29 is 14.3 Å². The molecule has 1 fully saturated rings. The average molecular weight is 419 g/mol. The van der Waals surface area contributed by atoms with E-state index in [4.69, 9.17) is 4.74 Å². The van der Waals surface area contributed by atoms with Gasteiger partial charge >= 0.3 is 5.97 Å². The molecule has 0 radical (unpaired) electrons. The van der Waals surface area contributed by atoms with Crippen LogP contribution in [0.1, 0.15) is 54.8 Å². The zero-order valence-corrected chi connectivity index (χ0v) is 17.4. The lowest BCUT2D eigenvalue weighted by molar-refractivity contribution is -0.130. The van der Waals surface area contributed by atoms with Gasteiger partial charge in [0.05, 0.1) is 5.39 Å². The molecule has 0 unspecified atom stereocenters. The molecule has 0 bridgehead atoms. The molecule has 0 saturated heterocycles. The third-order valence-corrected chi connectivity index (χ3v) is 5.27. The van der Waals surface area contributed by atoms with E-state index in [1.807, 2.05) is 13.0 Å². The Morgan fingerprint density at radius 3 is 2.45 bits per heavy atom. The van der Waals surface area contributed by atoms with Gasteiger partial charge in [-0.1, -0.05) is 61.9 Å². The first kappa shape index (κ1) is 20.8.